The molecule has 0 saturated heterocycles. The zero-order chi connectivity index (χ0) is 7.61. The zero-order valence-corrected chi connectivity index (χ0v) is 6.89. The summed E-state index contributed by atoms with van der Waals surface area (Å²) in [6.45, 7) is 5.75. The first kappa shape index (κ1) is 8.02. The van der Waals surface area contributed by atoms with Gasteiger partial charge < -0.3 is 10.5 Å². The summed E-state index contributed by atoms with van der Waals surface area (Å²) in [7, 11) is 0. The minimum absolute atomic E-state index is 0.257. The van der Waals surface area contributed by atoms with Gasteiger partial charge in [-0.15, -0.1) is 0 Å². The van der Waals surface area contributed by atoms with E-state index in [9.17, 15) is 0 Å². The Hall–Kier alpha value is -0.0800. The van der Waals surface area contributed by atoms with Crippen molar-refractivity contribution >= 4 is 0 Å². The fourth-order valence-corrected chi connectivity index (χ4v) is 1.01. The Morgan fingerprint density at radius 1 is 1.60 bits per heavy atom. The van der Waals surface area contributed by atoms with Gasteiger partial charge in [0.1, 0.15) is 0 Å². The van der Waals surface area contributed by atoms with Crippen molar-refractivity contribution < 1.29 is 4.74 Å². The second-order valence-corrected chi connectivity index (χ2v) is 3.42. The van der Waals surface area contributed by atoms with Crippen LogP contribution in [0.5, 0.6) is 0 Å². The Morgan fingerprint density at radius 3 is 2.60 bits per heavy atom. The highest BCUT2D eigenvalue weighted by Crippen LogP contribution is 2.47. The second-order valence-electron chi connectivity index (χ2n) is 3.42. The van der Waals surface area contributed by atoms with Crippen LogP contribution in [0.15, 0.2) is 0 Å². The normalized spacial score (nSPS) is 24.3. The van der Waals surface area contributed by atoms with Gasteiger partial charge >= 0.3 is 0 Å². The van der Waals surface area contributed by atoms with Crippen LogP contribution in [0.2, 0.25) is 0 Å². The SMILES string of the molecule is CCOCC(N)C1(C)CC1. The molecule has 0 radical (unpaired) electrons. The van der Waals surface area contributed by atoms with Crippen LogP contribution in [0.3, 0.4) is 0 Å². The monoisotopic (exact) mass is 143 g/mol. The van der Waals surface area contributed by atoms with Gasteiger partial charge in [0.15, 0.2) is 0 Å². The molecule has 1 fully saturated rings. The van der Waals surface area contributed by atoms with E-state index in [1.807, 2.05) is 6.92 Å². The van der Waals surface area contributed by atoms with E-state index in [0.29, 0.717) is 5.41 Å². The molecule has 2 N–H and O–H groups in total. The Kier molecular flexibility index (Phi) is 2.32. The van der Waals surface area contributed by atoms with Gasteiger partial charge in [0, 0.05) is 12.6 Å². The lowest BCUT2D eigenvalue weighted by molar-refractivity contribution is 0.114. The van der Waals surface area contributed by atoms with Gasteiger partial charge in [0.25, 0.3) is 0 Å². The van der Waals surface area contributed by atoms with E-state index in [1.54, 1.807) is 0 Å². The summed E-state index contributed by atoms with van der Waals surface area (Å²) in [5, 5.41) is 0. The highest BCUT2D eigenvalue weighted by molar-refractivity contribution is 4.96. The number of rotatable bonds is 4. The average Bonchev–Trinajstić information content (AvgIpc) is 2.64. The molecule has 10 heavy (non-hydrogen) atoms. The van der Waals surface area contributed by atoms with Crippen molar-refractivity contribution in [3.05, 3.63) is 0 Å². The molecule has 1 aliphatic rings. The standard InChI is InChI=1S/C8H17NO/c1-3-10-6-7(9)8(2)4-5-8/h7H,3-6,9H2,1-2H3. The minimum Gasteiger partial charge on any atom is -0.380 e. The summed E-state index contributed by atoms with van der Waals surface area (Å²) >= 11 is 0. The molecule has 0 aromatic heterocycles. The molecule has 2 heteroatoms. The molecule has 2 nitrogen and oxygen atoms in total. The molecule has 0 aromatic rings. The number of ether oxygens (including phenoxy) is 1. The Morgan fingerprint density at radius 2 is 2.20 bits per heavy atom. The number of hydrogen-bond donors (Lipinski definition) is 1. The van der Waals surface area contributed by atoms with Crippen molar-refractivity contribution in [3.8, 4) is 0 Å². The third-order valence-electron chi connectivity index (χ3n) is 2.44. The van der Waals surface area contributed by atoms with Crippen molar-refractivity contribution in [2.24, 2.45) is 11.1 Å². The summed E-state index contributed by atoms with van der Waals surface area (Å²) < 4.78 is 5.24. The molecule has 60 valence electrons. The summed E-state index contributed by atoms with van der Waals surface area (Å²) in [6.07, 6.45) is 2.56. The van der Waals surface area contributed by atoms with E-state index in [2.05, 4.69) is 6.92 Å². The van der Waals surface area contributed by atoms with E-state index in [0.717, 1.165) is 13.2 Å². The number of nitrogens with two attached hydrogens (primary N) is 1. The Balaban J connectivity index is 2.15. The van der Waals surface area contributed by atoms with E-state index >= 15 is 0 Å². The minimum atomic E-state index is 0.257. The molecule has 0 spiro atoms. The fourth-order valence-electron chi connectivity index (χ4n) is 1.01. The lowest BCUT2D eigenvalue weighted by Crippen LogP contribution is -2.34. The summed E-state index contributed by atoms with van der Waals surface area (Å²) in [5.41, 5.74) is 6.29. The van der Waals surface area contributed by atoms with Crippen LogP contribution in [0.4, 0.5) is 0 Å². The van der Waals surface area contributed by atoms with Crippen LogP contribution < -0.4 is 5.73 Å². The molecular formula is C8H17NO. The third kappa shape index (κ3) is 1.70. The maximum Gasteiger partial charge on any atom is 0.0622 e. The van der Waals surface area contributed by atoms with Gasteiger partial charge in [-0.2, -0.15) is 0 Å². The van der Waals surface area contributed by atoms with Crippen LogP contribution in [-0.4, -0.2) is 19.3 Å². The first-order valence-electron chi connectivity index (χ1n) is 4.02. The fraction of sp³-hybridized carbons (Fsp3) is 1.00. The van der Waals surface area contributed by atoms with Gasteiger partial charge in [-0.05, 0) is 25.2 Å². The molecule has 0 heterocycles. The predicted molar refractivity (Wildman–Crippen MR) is 41.8 cm³/mol. The molecule has 1 unspecified atom stereocenters. The lowest BCUT2D eigenvalue weighted by atomic mass is 10.0. The third-order valence-corrected chi connectivity index (χ3v) is 2.44. The van der Waals surface area contributed by atoms with Crippen LogP contribution >= 0.6 is 0 Å². The van der Waals surface area contributed by atoms with E-state index in [4.69, 9.17) is 10.5 Å². The van der Waals surface area contributed by atoms with Crippen molar-refractivity contribution in [1.29, 1.82) is 0 Å². The molecule has 1 rings (SSSR count). The quantitative estimate of drug-likeness (QED) is 0.640. The highest BCUT2D eigenvalue weighted by atomic mass is 16.5. The lowest BCUT2D eigenvalue weighted by Gasteiger charge is -2.17. The Bertz CT molecular complexity index is 110. The maximum atomic E-state index is 5.87. The van der Waals surface area contributed by atoms with E-state index in [-0.39, 0.29) is 6.04 Å². The first-order chi connectivity index (χ1) is 4.69. The topological polar surface area (TPSA) is 35.2 Å². The smallest absolute Gasteiger partial charge is 0.0622 e. The molecule has 0 aromatic carbocycles. The maximum absolute atomic E-state index is 5.87. The number of hydrogen-bond acceptors (Lipinski definition) is 2. The van der Waals surface area contributed by atoms with Crippen LogP contribution in [0.1, 0.15) is 26.7 Å². The molecule has 1 saturated carbocycles. The molecule has 1 atom stereocenters. The van der Waals surface area contributed by atoms with Crippen LogP contribution in [-0.2, 0) is 4.74 Å². The first-order valence-corrected chi connectivity index (χ1v) is 4.02. The highest BCUT2D eigenvalue weighted by Gasteiger charge is 2.42. The summed E-state index contributed by atoms with van der Waals surface area (Å²) in [6, 6.07) is 0.257. The predicted octanol–water partition coefficient (Wildman–Crippen LogP) is 1.15. The largest absolute Gasteiger partial charge is 0.380 e. The Labute approximate surface area is 62.7 Å². The van der Waals surface area contributed by atoms with Crippen molar-refractivity contribution in [2.45, 2.75) is 32.7 Å². The second kappa shape index (κ2) is 2.89. The molecule has 0 bridgehead atoms. The zero-order valence-electron chi connectivity index (χ0n) is 6.89. The van der Waals surface area contributed by atoms with Crippen LogP contribution in [0.25, 0.3) is 0 Å². The van der Waals surface area contributed by atoms with Crippen molar-refractivity contribution in [1.82, 2.24) is 0 Å². The molecule has 0 aliphatic heterocycles. The summed E-state index contributed by atoms with van der Waals surface area (Å²) in [5.74, 6) is 0. The van der Waals surface area contributed by atoms with Gasteiger partial charge in [-0.3, -0.25) is 0 Å². The van der Waals surface area contributed by atoms with E-state index < -0.39 is 0 Å². The van der Waals surface area contributed by atoms with Crippen molar-refractivity contribution in [3.63, 3.8) is 0 Å². The van der Waals surface area contributed by atoms with Crippen molar-refractivity contribution in [2.75, 3.05) is 13.2 Å². The van der Waals surface area contributed by atoms with Gasteiger partial charge in [-0.1, -0.05) is 6.92 Å². The molecule has 1 aliphatic carbocycles. The molecular weight excluding hydrogens is 126 g/mol. The van der Waals surface area contributed by atoms with Crippen LogP contribution in [0, 0.1) is 5.41 Å². The van der Waals surface area contributed by atoms with Gasteiger partial charge in [0.2, 0.25) is 0 Å². The van der Waals surface area contributed by atoms with E-state index in [1.165, 1.54) is 12.8 Å². The average molecular weight is 143 g/mol. The summed E-state index contributed by atoms with van der Waals surface area (Å²) in [4.78, 5) is 0. The van der Waals surface area contributed by atoms with Gasteiger partial charge in [0.05, 0.1) is 6.61 Å². The van der Waals surface area contributed by atoms with Gasteiger partial charge in [-0.25, -0.2) is 0 Å². The molecule has 0 amide bonds.